The third kappa shape index (κ3) is 5.60. The van der Waals surface area contributed by atoms with Crippen molar-refractivity contribution >= 4 is 29.9 Å². The van der Waals surface area contributed by atoms with Crippen LogP contribution < -0.4 is 5.32 Å². The predicted molar refractivity (Wildman–Crippen MR) is 103 cm³/mol. The number of ether oxygens (including phenoxy) is 1. The van der Waals surface area contributed by atoms with Crippen molar-refractivity contribution in [3.05, 3.63) is 35.1 Å². The predicted octanol–water partition coefficient (Wildman–Crippen LogP) is 2.75. The van der Waals surface area contributed by atoms with Gasteiger partial charge in [-0.05, 0) is 31.5 Å². The molecule has 0 amide bonds. The van der Waals surface area contributed by atoms with Crippen LogP contribution in [0.5, 0.6) is 0 Å². The van der Waals surface area contributed by atoms with Gasteiger partial charge in [0.15, 0.2) is 5.96 Å². The fourth-order valence-electron chi connectivity index (χ4n) is 2.73. The maximum absolute atomic E-state index is 13.8. The molecule has 0 aliphatic carbocycles. The molecule has 0 spiro atoms. The lowest BCUT2D eigenvalue weighted by atomic mass is 10.1. The number of likely N-dealkylation sites (tertiary alicyclic amines) is 1. The molecule has 1 aliphatic heterocycles. The molecule has 1 saturated heterocycles. The number of nitriles is 1. The summed E-state index contributed by atoms with van der Waals surface area (Å²) in [6.45, 7) is 5.61. The summed E-state index contributed by atoms with van der Waals surface area (Å²) in [5.41, 5.74) is 0.923. The van der Waals surface area contributed by atoms with E-state index in [4.69, 9.17) is 10.00 Å². The monoisotopic (exact) mass is 446 g/mol. The zero-order valence-electron chi connectivity index (χ0n) is 14.1. The summed E-state index contributed by atoms with van der Waals surface area (Å²) in [5, 5.41) is 12.1. The molecule has 0 saturated carbocycles. The lowest BCUT2D eigenvalue weighted by molar-refractivity contribution is 0.114. The molecule has 0 radical (unpaired) electrons. The minimum atomic E-state index is -0.317. The average Bonchev–Trinajstić information content (AvgIpc) is 3.04. The first-order valence-electron chi connectivity index (χ1n) is 7.89. The second kappa shape index (κ2) is 10.5. The molecule has 1 N–H and O–H groups in total. The van der Waals surface area contributed by atoms with Crippen LogP contribution in [0.1, 0.15) is 24.5 Å². The third-order valence-electron chi connectivity index (χ3n) is 3.97. The number of rotatable bonds is 5. The Kier molecular flexibility index (Phi) is 9.00. The van der Waals surface area contributed by atoms with Crippen LogP contribution >= 0.6 is 24.0 Å². The Morgan fingerprint density at radius 2 is 2.33 bits per heavy atom. The van der Waals surface area contributed by atoms with E-state index in [0.717, 1.165) is 38.7 Å². The minimum absolute atomic E-state index is 0. The standard InChI is InChI=1S/C17H23FN4O.HI/c1-3-23-12-14-6-7-22(11-14)17(20-2)21-10-15-8-13(9-19)4-5-16(15)18;/h4-5,8,14H,3,6-7,10-12H2,1-2H3,(H,20,21);1H. The smallest absolute Gasteiger partial charge is 0.193 e. The molecule has 1 fully saturated rings. The number of aliphatic imine (C=N–C) groups is 1. The van der Waals surface area contributed by atoms with Crippen LogP contribution in [0.4, 0.5) is 4.39 Å². The lowest BCUT2D eigenvalue weighted by Crippen LogP contribution is -2.40. The van der Waals surface area contributed by atoms with Gasteiger partial charge in [-0.25, -0.2) is 4.39 Å². The average molecular weight is 446 g/mol. The summed E-state index contributed by atoms with van der Waals surface area (Å²) in [6, 6.07) is 6.40. The zero-order valence-corrected chi connectivity index (χ0v) is 16.4. The highest BCUT2D eigenvalue weighted by molar-refractivity contribution is 14.0. The second-order valence-corrected chi connectivity index (χ2v) is 5.58. The van der Waals surface area contributed by atoms with Gasteiger partial charge in [0.05, 0.1) is 18.2 Å². The molecule has 1 aliphatic rings. The number of nitrogens with zero attached hydrogens (tertiary/aromatic N) is 3. The first-order valence-corrected chi connectivity index (χ1v) is 7.89. The first-order chi connectivity index (χ1) is 11.2. The minimum Gasteiger partial charge on any atom is -0.381 e. The van der Waals surface area contributed by atoms with Gasteiger partial charge >= 0.3 is 0 Å². The Morgan fingerprint density at radius 1 is 1.54 bits per heavy atom. The summed E-state index contributed by atoms with van der Waals surface area (Å²) in [5.74, 6) is 0.945. The SMILES string of the molecule is CCOCC1CCN(C(=NC)NCc2cc(C#N)ccc2F)C1.I. The number of hydrogen-bond donors (Lipinski definition) is 1. The largest absolute Gasteiger partial charge is 0.381 e. The number of halogens is 2. The van der Waals surface area contributed by atoms with Crippen molar-refractivity contribution in [2.45, 2.75) is 19.9 Å². The highest BCUT2D eigenvalue weighted by atomic mass is 127. The molecular weight excluding hydrogens is 422 g/mol. The molecule has 24 heavy (non-hydrogen) atoms. The van der Waals surface area contributed by atoms with E-state index in [0.29, 0.717) is 23.6 Å². The summed E-state index contributed by atoms with van der Waals surface area (Å²) in [7, 11) is 1.72. The van der Waals surface area contributed by atoms with Crippen LogP contribution in [0.25, 0.3) is 0 Å². The Hall–Kier alpha value is -1.40. The van der Waals surface area contributed by atoms with Crippen LogP contribution in [0, 0.1) is 23.1 Å². The molecule has 1 heterocycles. The van der Waals surface area contributed by atoms with E-state index in [2.05, 4.69) is 15.2 Å². The van der Waals surface area contributed by atoms with Gasteiger partial charge in [0, 0.05) is 44.8 Å². The fourth-order valence-corrected chi connectivity index (χ4v) is 2.73. The molecule has 0 aromatic heterocycles. The molecule has 1 aromatic carbocycles. The molecule has 132 valence electrons. The van der Waals surface area contributed by atoms with E-state index in [9.17, 15) is 4.39 Å². The molecule has 1 aromatic rings. The van der Waals surface area contributed by atoms with Gasteiger partial charge in [-0.2, -0.15) is 5.26 Å². The van der Waals surface area contributed by atoms with Gasteiger partial charge in [-0.15, -0.1) is 24.0 Å². The lowest BCUT2D eigenvalue weighted by Gasteiger charge is -2.22. The van der Waals surface area contributed by atoms with Gasteiger partial charge in [-0.1, -0.05) is 0 Å². The molecule has 1 unspecified atom stereocenters. The summed E-state index contributed by atoms with van der Waals surface area (Å²) in [4.78, 5) is 6.44. The maximum atomic E-state index is 13.8. The van der Waals surface area contributed by atoms with Crippen molar-refractivity contribution in [2.24, 2.45) is 10.9 Å². The van der Waals surface area contributed by atoms with Crippen molar-refractivity contribution in [1.82, 2.24) is 10.2 Å². The number of guanidine groups is 1. The zero-order chi connectivity index (χ0) is 16.7. The summed E-state index contributed by atoms with van der Waals surface area (Å²) >= 11 is 0. The molecule has 0 bridgehead atoms. The van der Waals surface area contributed by atoms with Crippen molar-refractivity contribution in [3.8, 4) is 6.07 Å². The van der Waals surface area contributed by atoms with Gasteiger partial charge < -0.3 is 15.0 Å². The summed E-state index contributed by atoms with van der Waals surface area (Å²) < 4.78 is 19.3. The summed E-state index contributed by atoms with van der Waals surface area (Å²) in [6.07, 6.45) is 1.07. The number of benzene rings is 1. The van der Waals surface area contributed by atoms with Gasteiger partial charge in [-0.3, -0.25) is 4.99 Å². The quantitative estimate of drug-likeness (QED) is 0.430. The molecular formula is C17H24FIN4O. The highest BCUT2D eigenvalue weighted by Crippen LogP contribution is 2.17. The van der Waals surface area contributed by atoms with Gasteiger partial charge in [0.25, 0.3) is 0 Å². The van der Waals surface area contributed by atoms with E-state index >= 15 is 0 Å². The van der Waals surface area contributed by atoms with Crippen LogP contribution in [0.2, 0.25) is 0 Å². The highest BCUT2D eigenvalue weighted by Gasteiger charge is 2.24. The van der Waals surface area contributed by atoms with E-state index in [1.165, 1.54) is 12.1 Å². The molecule has 2 rings (SSSR count). The van der Waals surface area contributed by atoms with Crippen LogP contribution in [0.15, 0.2) is 23.2 Å². The van der Waals surface area contributed by atoms with Crippen molar-refractivity contribution < 1.29 is 9.13 Å². The van der Waals surface area contributed by atoms with E-state index in [-0.39, 0.29) is 29.8 Å². The Morgan fingerprint density at radius 3 is 3.00 bits per heavy atom. The molecule has 5 nitrogen and oxygen atoms in total. The fraction of sp³-hybridized carbons (Fsp3) is 0.529. The third-order valence-corrected chi connectivity index (χ3v) is 3.97. The second-order valence-electron chi connectivity index (χ2n) is 5.58. The van der Waals surface area contributed by atoms with Crippen LogP contribution in [-0.4, -0.2) is 44.2 Å². The number of hydrogen-bond acceptors (Lipinski definition) is 3. The Labute approximate surface area is 159 Å². The van der Waals surface area contributed by atoms with E-state index in [1.807, 2.05) is 13.0 Å². The van der Waals surface area contributed by atoms with E-state index < -0.39 is 0 Å². The van der Waals surface area contributed by atoms with Crippen LogP contribution in [-0.2, 0) is 11.3 Å². The van der Waals surface area contributed by atoms with Crippen molar-refractivity contribution in [2.75, 3.05) is 33.4 Å². The van der Waals surface area contributed by atoms with Crippen LogP contribution in [0.3, 0.4) is 0 Å². The molecule has 7 heteroatoms. The Balaban J connectivity index is 0.00000288. The maximum Gasteiger partial charge on any atom is 0.193 e. The topological polar surface area (TPSA) is 60.6 Å². The normalized spacial score (nSPS) is 17.3. The van der Waals surface area contributed by atoms with Gasteiger partial charge in [0.2, 0.25) is 0 Å². The van der Waals surface area contributed by atoms with E-state index in [1.54, 1.807) is 13.1 Å². The number of nitrogens with one attached hydrogen (secondary N) is 1. The first kappa shape index (κ1) is 20.6. The molecule has 1 atom stereocenters. The van der Waals surface area contributed by atoms with Crippen molar-refractivity contribution in [3.63, 3.8) is 0 Å². The Bertz CT molecular complexity index is 603. The van der Waals surface area contributed by atoms with Crippen molar-refractivity contribution in [1.29, 1.82) is 5.26 Å². The van der Waals surface area contributed by atoms with Gasteiger partial charge in [0.1, 0.15) is 5.82 Å².